The van der Waals surface area contributed by atoms with Crippen molar-refractivity contribution in [2.45, 2.75) is 31.9 Å². The summed E-state index contributed by atoms with van der Waals surface area (Å²) in [5.74, 6) is 0.986. The highest BCUT2D eigenvalue weighted by Gasteiger charge is 2.48. The Morgan fingerprint density at radius 1 is 0.839 bits per heavy atom. The van der Waals surface area contributed by atoms with Crippen LogP contribution < -0.4 is 9.64 Å². The van der Waals surface area contributed by atoms with Crippen LogP contribution in [0.25, 0.3) is 0 Å². The summed E-state index contributed by atoms with van der Waals surface area (Å²) in [6.07, 6.45) is 2.87. The molecule has 1 saturated heterocycles. The van der Waals surface area contributed by atoms with Crippen LogP contribution in [-0.2, 0) is 22.6 Å². The number of hydrogen-bond donors (Lipinski definition) is 0. The molecular weight excluding hydrogens is 386 g/mol. The molecule has 0 aliphatic carbocycles. The van der Waals surface area contributed by atoms with Gasteiger partial charge >= 0.3 is 0 Å². The smallest absolute Gasteiger partial charge is 0.233 e. The van der Waals surface area contributed by atoms with Gasteiger partial charge in [-0.05, 0) is 60.2 Å². The van der Waals surface area contributed by atoms with Gasteiger partial charge in [-0.2, -0.15) is 0 Å². The molecule has 0 spiro atoms. The Hall–Kier alpha value is -3.11. The van der Waals surface area contributed by atoms with Crippen molar-refractivity contribution in [2.24, 2.45) is 5.92 Å². The van der Waals surface area contributed by atoms with Crippen LogP contribution in [0.4, 0.5) is 5.69 Å². The standard InChI is InChI=1S/C27H29NO3/c1-30-19-21-11-13-22(14-12-21)26-25(10-6-9-20-7-4-3-5-8-20)27(29)28(26)23-15-17-24(31-2)18-16-23/h3-5,7-8,11-18,25-26H,6,9-10,19H2,1-2H3/t25-,26-/m1/s1. The summed E-state index contributed by atoms with van der Waals surface area (Å²) >= 11 is 0. The molecule has 31 heavy (non-hydrogen) atoms. The first-order chi connectivity index (χ1) is 15.2. The van der Waals surface area contributed by atoms with E-state index in [1.807, 2.05) is 35.2 Å². The van der Waals surface area contributed by atoms with Gasteiger partial charge in [0.25, 0.3) is 0 Å². The van der Waals surface area contributed by atoms with Gasteiger partial charge in [0.15, 0.2) is 0 Å². The van der Waals surface area contributed by atoms with E-state index in [4.69, 9.17) is 9.47 Å². The van der Waals surface area contributed by atoms with Crippen molar-refractivity contribution in [2.75, 3.05) is 19.1 Å². The number of methoxy groups -OCH3 is 2. The maximum atomic E-state index is 13.2. The molecule has 0 aromatic heterocycles. The molecule has 2 atom stereocenters. The molecule has 4 heteroatoms. The van der Waals surface area contributed by atoms with Crippen LogP contribution in [0.15, 0.2) is 78.9 Å². The summed E-state index contributed by atoms with van der Waals surface area (Å²) in [5.41, 5.74) is 4.53. The Kier molecular flexibility index (Phi) is 6.68. The number of amides is 1. The Morgan fingerprint density at radius 2 is 1.55 bits per heavy atom. The molecule has 1 fully saturated rings. The van der Waals surface area contributed by atoms with Crippen LogP contribution in [0.2, 0.25) is 0 Å². The highest BCUT2D eigenvalue weighted by Crippen LogP contribution is 2.46. The van der Waals surface area contributed by atoms with Gasteiger partial charge < -0.3 is 14.4 Å². The molecule has 0 unspecified atom stereocenters. The van der Waals surface area contributed by atoms with Gasteiger partial charge in [0, 0.05) is 12.8 Å². The van der Waals surface area contributed by atoms with Gasteiger partial charge in [-0.1, -0.05) is 54.6 Å². The fraction of sp³-hybridized carbons (Fsp3) is 0.296. The van der Waals surface area contributed by atoms with Gasteiger partial charge in [-0.3, -0.25) is 4.79 Å². The second-order valence-corrected chi connectivity index (χ2v) is 8.01. The molecule has 0 bridgehead atoms. The van der Waals surface area contributed by atoms with Gasteiger partial charge in [0.05, 0.1) is 25.7 Å². The van der Waals surface area contributed by atoms with Gasteiger partial charge in [0.2, 0.25) is 5.91 Å². The fourth-order valence-corrected chi connectivity index (χ4v) is 4.39. The van der Waals surface area contributed by atoms with Gasteiger partial charge in [0.1, 0.15) is 5.75 Å². The average Bonchev–Trinajstić information content (AvgIpc) is 2.82. The number of β-lactam (4-membered cyclic amide) rings is 1. The number of anilines is 1. The van der Waals surface area contributed by atoms with Crippen LogP contribution in [0.5, 0.6) is 5.75 Å². The van der Waals surface area contributed by atoms with E-state index >= 15 is 0 Å². The third-order valence-electron chi connectivity index (χ3n) is 6.02. The molecule has 0 N–H and O–H groups in total. The SMILES string of the molecule is COCc1ccc([C@@H]2[C@@H](CCCc3ccccc3)C(=O)N2c2ccc(OC)cc2)cc1. The Labute approximate surface area is 184 Å². The predicted molar refractivity (Wildman–Crippen MR) is 123 cm³/mol. The molecule has 0 radical (unpaired) electrons. The van der Waals surface area contributed by atoms with E-state index in [1.165, 1.54) is 11.1 Å². The first kappa shape index (κ1) is 21.1. The summed E-state index contributed by atoms with van der Waals surface area (Å²) in [5, 5.41) is 0. The first-order valence-corrected chi connectivity index (χ1v) is 10.8. The van der Waals surface area contributed by atoms with Crippen LogP contribution >= 0.6 is 0 Å². The maximum Gasteiger partial charge on any atom is 0.233 e. The third-order valence-corrected chi connectivity index (χ3v) is 6.02. The first-order valence-electron chi connectivity index (χ1n) is 10.8. The van der Waals surface area contributed by atoms with Crippen molar-refractivity contribution < 1.29 is 14.3 Å². The van der Waals surface area contributed by atoms with E-state index in [0.29, 0.717) is 6.61 Å². The molecule has 160 valence electrons. The minimum atomic E-state index is -0.000843. The topological polar surface area (TPSA) is 38.8 Å². The van der Waals surface area contributed by atoms with Crippen LogP contribution in [0.3, 0.4) is 0 Å². The number of nitrogens with zero attached hydrogens (tertiary/aromatic N) is 1. The molecule has 4 rings (SSSR count). The third kappa shape index (κ3) is 4.64. The summed E-state index contributed by atoms with van der Waals surface area (Å²) in [7, 11) is 3.35. The molecule has 1 heterocycles. The zero-order valence-electron chi connectivity index (χ0n) is 18.2. The number of aryl methyl sites for hydroxylation is 1. The van der Waals surface area contributed by atoms with Crippen molar-refractivity contribution in [3.63, 3.8) is 0 Å². The molecule has 4 nitrogen and oxygen atoms in total. The Bertz CT molecular complexity index is 983. The summed E-state index contributed by atoms with van der Waals surface area (Å²) in [4.78, 5) is 15.1. The highest BCUT2D eigenvalue weighted by atomic mass is 16.5. The normalized spacial score (nSPS) is 18.0. The van der Waals surface area contributed by atoms with Crippen molar-refractivity contribution in [1.82, 2.24) is 0 Å². The quantitative estimate of drug-likeness (QED) is 0.429. The fourth-order valence-electron chi connectivity index (χ4n) is 4.39. The van der Waals surface area contributed by atoms with Gasteiger partial charge in [-0.25, -0.2) is 0 Å². The second-order valence-electron chi connectivity index (χ2n) is 8.01. The second kappa shape index (κ2) is 9.80. The lowest BCUT2D eigenvalue weighted by Gasteiger charge is -2.48. The number of hydrogen-bond acceptors (Lipinski definition) is 3. The number of carbonyl (C=O) groups excluding carboxylic acids is 1. The minimum Gasteiger partial charge on any atom is -0.497 e. The van der Waals surface area contributed by atoms with Crippen molar-refractivity contribution >= 4 is 11.6 Å². The molecule has 1 aliphatic heterocycles. The number of rotatable bonds is 9. The van der Waals surface area contributed by atoms with Crippen LogP contribution in [0, 0.1) is 5.92 Å². The van der Waals surface area contributed by atoms with E-state index in [2.05, 4.69) is 48.5 Å². The summed E-state index contributed by atoms with van der Waals surface area (Å²) < 4.78 is 10.5. The van der Waals surface area contributed by atoms with Crippen molar-refractivity contribution in [3.8, 4) is 5.75 Å². The Morgan fingerprint density at radius 3 is 2.19 bits per heavy atom. The average molecular weight is 416 g/mol. The van der Waals surface area contributed by atoms with Crippen LogP contribution in [0.1, 0.15) is 35.6 Å². The van der Waals surface area contributed by atoms with E-state index in [9.17, 15) is 4.79 Å². The van der Waals surface area contributed by atoms with Gasteiger partial charge in [-0.15, -0.1) is 0 Å². The number of carbonyl (C=O) groups is 1. The van der Waals surface area contributed by atoms with Crippen molar-refractivity contribution in [3.05, 3.63) is 95.6 Å². The minimum absolute atomic E-state index is 0.000843. The lowest BCUT2D eigenvalue weighted by molar-refractivity contribution is -0.130. The zero-order valence-corrected chi connectivity index (χ0v) is 18.2. The van der Waals surface area contributed by atoms with E-state index in [0.717, 1.165) is 36.3 Å². The largest absolute Gasteiger partial charge is 0.497 e. The molecule has 1 aliphatic rings. The molecule has 3 aromatic carbocycles. The maximum absolute atomic E-state index is 13.2. The Balaban J connectivity index is 1.53. The molecule has 1 amide bonds. The van der Waals surface area contributed by atoms with Crippen LogP contribution in [-0.4, -0.2) is 20.1 Å². The summed E-state index contributed by atoms with van der Waals surface area (Å²) in [6.45, 7) is 0.590. The predicted octanol–water partition coefficient (Wildman–Crippen LogP) is 5.57. The number of benzene rings is 3. The lowest BCUT2D eigenvalue weighted by Crippen LogP contribution is -2.55. The van der Waals surface area contributed by atoms with E-state index in [1.54, 1.807) is 14.2 Å². The molecular formula is C27H29NO3. The van der Waals surface area contributed by atoms with E-state index < -0.39 is 0 Å². The summed E-state index contributed by atoms with van der Waals surface area (Å²) in [6, 6.07) is 26.7. The number of ether oxygens (including phenoxy) is 2. The van der Waals surface area contributed by atoms with E-state index in [-0.39, 0.29) is 17.9 Å². The lowest BCUT2D eigenvalue weighted by atomic mass is 9.78. The molecule has 0 saturated carbocycles. The van der Waals surface area contributed by atoms with Crippen molar-refractivity contribution in [1.29, 1.82) is 0 Å². The molecule has 3 aromatic rings. The zero-order chi connectivity index (χ0) is 21.6. The highest BCUT2D eigenvalue weighted by molar-refractivity contribution is 6.03. The monoisotopic (exact) mass is 415 g/mol.